The highest BCUT2D eigenvalue weighted by Crippen LogP contribution is 2.22. The lowest BCUT2D eigenvalue weighted by atomic mass is 10.4. The Labute approximate surface area is 110 Å². The summed E-state index contributed by atoms with van der Waals surface area (Å²) in [6.45, 7) is 6.47. The molecular formula is C11H15ClN6. The topological polar surface area (TPSA) is 81.7 Å². The summed E-state index contributed by atoms with van der Waals surface area (Å²) in [5.74, 6) is 1.47. The van der Waals surface area contributed by atoms with Gasteiger partial charge in [0.2, 0.25) is 5.95 Å². The Morgan fingerprint density at radius 1 is 1.39 bits per heavy atom. The van der Waals surface area contributed by atoms with Crippen molar-refractivity contribution < 1.29 is 0 Å². The quantitative estimate of drug-likeness (QED) is 0.887. The lowest BCUT2D eigenvalue weighted by Gasteiger charge is -2.07. The number of nitrogens with one attached hydrogen (secondary N) is 1. The summed E-state index contributed by atoms with van der Waals surface area (Å²) >= 11 is 6.12. The minimum Gasteiger partial charge on any atom is -0.370 e. The number of rotatable bonds is 3. The van der Waals surface area contributed by atoms with Crippen LogP contribution in [-0.4, -0.2) is 26.3 Å². The van der Waals surface area contributed by atoms with E-state index in [-0.39, 0.29) is 5.95 Å². The zero-order chi connectivity index (χ0) is 13.3. The first-order valence-electron chi connectivity index (χ1n) is 5.63. The van der Waals surface area contributed by atoms with Gasteiger partial charge in [-0.25, -0.2) is 4.68 Å². The van der Waals surface area contributed by atoms with Crippen LogP contribution in [0.4, 0.5) is 11.8 Å². The van der Waals surface area contributed by atoms with Gasteiger partial charge in [-0.1, -0.05) is 11.6 Å². The maximum Gasteiger partial charge on any atom is 0.224 e. The fraction of sp³-hybridized carbons (Fsp3) is 0.364. The second-order valence-electron chi connectivity index (χ2n) is 3.90. The van der Waals surface area contributed by atoms with Gasteiger partial charge in [-0.05, 0) is 20.8 Å². The van der Waals surface area contributed by atoms with Crippen molar-refractivity contribution in [3.05, 3.63) is 22.5 Å². The van der Waals surface area contributed by atoms with Crippen LogP contribution in [0.25, 0.3) is 5.82 Å². The van der Waals surface area contributed by atoms with Crippen molar-refractivity contribution in [3.63, 3.8) is 0 Å². The lowest BCUT2D eigenvalue weighted by Crippen LogP contribution is -2.09. The molecule has 6 nitrogen and oxygen atoms in total. The summed E-state index contributed by atoms with van der Waals surface area (Å²) < 4.78 is 1.66. The third-order valence-corrected chi connectivity index (χ3v) is 3.05. The molecule has 18 heavy (non-hydrogen) atoms. The molecule has 0 bridgehead atoms. The van der Waals surface area contributed by atoms with E-state index in [4.69, 9.17) is 17.3 Å². The molecule has 0 atom stereocenters. The average Bonchev–Trinajstić information content (AvgIpc) is 2.57. The number of aromatic nitrogens is 4. The minimum absolute atomic E-state index is 0.201. The highest BCUT2D eigenvalue weighted by molar-refractivity contribution is 6.31. The third-order valence-electron chi connectivity index (χ3n) is 2.51. The van der Waals surface area contributed by atoms with Gasteiger partial charge in [0.15, 0.2) is 5.82 Å². The predicted octanol–water partition coefficient (Wildman–Crippen LogP) is 1.95. The largest absolute Gasteiger partial charge is 0.370 e. The van der Waals surface area contributed by atoms with Gasteiger partial charge in [0, 0.05) is 12.6 Å². The van der Waals surface area contributed by atoms with Crippen molar-refractivity contribution in [3.8, 4) is 5.82 Å². The monoisotopic (exact) mass is 266 g/mol. The highest BCUT2D eigenvalue weighted by Gasteiger charge is 2.13. The Balaban J connectivity index is 2.52. The van der Waals surface area contributed by atoms with Crippen molar-refractivity contribution >= 4 is 23.4 Å². The summed E-state index contributed by atoms with van der Waals surface area (Å²) in [5, 5.41) is 8.06. The molecule has 2 aromatic rings. The van der Waals surface area contributed by atoms with Gasteiger partial charge in [0.1, 0.15) is 5.82 Å². The molecule has 2 aromatic heterocycles. The van der Waals surface area contributed by atoms with Crippen LogP contribution in [0.5, 0.6) is 0 Å². The molecule has 2 rings (SSSR count). The maximum atomic E-state index is 6.12. The number of hydrogen-bond donors (Lipinski definition) is 2. The van der Waals surface area contributed by atoms with E-state index < -0.39 is 0 Å². The van der Waals surface area contributed by atoms with Crippen LogP contribution in [0.15, 0.2) is 6.07 Å². The Hall–Kier alpha value is -1.82. The van der Waals surface area contributed by atoms with E-state index >= 15 is 0 Å². The molecule has 0 aliphatic heterocycles. The number of nitrogen functional groups attached to an aromatic ring is 1. The smallest absolute Gasteiger partial charge is 0.224 e. The SMILES string of the molecule is CCNc1cc(-n2nc(C)c(Cl)c2C)nc(N)n1. The van der Waals surface area contributed by atoms with E-state index in [1.807, 2.05) is 20.8 Å². The van der Waals surface area contributed by atoms with Gasteiger partial charge in [0.05, 0.1) is 16.4 Å². The van der Waals surface area contributed by atoms with Crippen molar-refractivity contribution in [1.82, 2.24) is 19.7 Å². The van der Waals surface area contributed by atoms with E-state index in [2.05, 4.69) is 20.4 Å². The van der Waals surface area contributed by atoms with Crippen LogP contribution < -0.4 is 11.1 Å². The van der Waals surface area contributed by atoms with Crippen LogP contribution in [-0.2, 0) is 0 Å². The summed E-state index contributed by atoms with van der Waals surface area (Å²) in [6.07, 6.45) is 0. The molecule has 2 heterocycles. The molecule has 0 aliphatic rings. The van der Waals surface area contributed by atoms with E-state index in [9.17, 15) is 0 Å². The first kappa shape index (κ1) is 12.6. The average molecular weight is 267 g/mol. The lowest BCUT2D eigenvalue weighted by molar-refractivity contribution is 0.803. The van der Waals surface area contributed by atoms with E-state index in [0.29, 0.717) is 16.7 Å². The Morgan fingerprint density at radius 2 is 2.11 bits per heavy atom. The predicted molar refractivity (Wildman–Crippen MR) is 72.2 cm³/mol. The first-order chi connectivity index (χ1) is 8.52. The van der Waals surface area contributed by atoms with Crippen LogP contribution in [0.2, 0.25) is 5.02 Å². The molecule has 0 radical (unpaired) electrons. The van der Waals surface area contributed by atoms with Crippen LogP contribution in [0.3, 0.4) is 0 Å². The standard InChI is InChI=1S/C11H15ClN6/c1-4-14-8-5-9(16-11(13)15-8)18-7(3)10(12)6(2)17-18/h5H,4H2,1-3H3,(H3,13,14,15,16). The number of hydrogen-bond acceptors (Lipinski definition) is 5. The van der Waals surface area contributed by atoms with Crippen molar-refractivity contribution in [2.75, 3.05) is 17.6 Å². The van der Waals surface area contributed by atoms with Gasteiger partial charge >= 0.3 is 0 Å². The van der Waals surface area contributed by atoms with E-state index in [0.717, 1.165) is 17.9 Å². The van der Waals surface area contributed by atoms with Gasteiger partial charge in [-0.3, -0.25) is 0 Å². The zero-order valence-corrected chi connectivity index (χ0v) is 11.3. The molecule has 0 aromatic carbocycles. The molecular weight excluding hydrogens is 252 g/mol. The second kappa shape index (κ2) is 4.81. The number of halogens is 1. The number of anilines is 2. The number of aryl methyl sites for hydroxylation is 1. The van der Waals surface area contributed by atoms with E-state index in [1.54, 1.807) is 10.7 Å². The normalized spacial score (nSPS) is 10.7. The van der Waals surface area contributed by atoms with Crippen molar-refractivity contribution in [1.29, 1.82) is 0 Å². The highest BCUT2D eigenvalue weighted by atomic mass is 35.5. The molecule has 7 heteroatoms. The molecule has 96 valence electrons. The van der Waals surface area contributed by atoms with Crippen molar-refractivity contribution in [2.24, 2.45) is 0 Å². The first-order valence-corrected chi connectivity index (χ1v) is 6.01. The fourth-order valence-corrected chi connectivity index (χ4v) is 1.80. The Bertz CT molecular complexity index is 577. The molecule has 0 unspecified atom stereocenters. The molecule has 3 N–H and O–H groups in total. The van der Waals surface area contributed by atoms with Crippen LogP contribution in [0.1, 0.15) is 18.3 Å². The molecule has 0 saturated heterocycles. The van der Waals surface area contributed by atoms with Crippen LogP contribution >= 0.6 is 11.6 Å². The number of nitrogens with two attached hydrogens (primary N) is 1. The van der Waals surface area contributed by atoms with Gasteiger partial charge in [-0.2, -0.15) is 15.1 Å². The second-order valence-corrected chi connectivity index (χ2v) is 4.27. The Morgan fingerprint density at radius 3 is 2.67 bits per heavy atom. The molecule has 0 spiro atoms. The van der Waals surface area contributed by atoms with Gasteiger partial charge in [-0.15, -0.1) is 0 Å². The number of nitrogens with zero attached hydrogens (tertiary/aromatic N) is 4. The maximum absolute atomic E-state index is 6.12. The van der Waals surface area contributed by atoms with Crippen molar-refractivity contribution in [2.45, 2.75) is 20.8 Å². The summed E-state index contributed by atoms with van der Waals surface area (Å²) in [6, 6.07) is 1.79. The molecule has 0 aliphatic carbocycles. The fourth-order valence-electron chi connectivity index (χ4n) is 1.68. The molecule has 0 amide bonds. The zero-order valence-electron chi connectivity index (χ0n) is 10.5. The summed E-state index contributed by atoms with van der Waals surface area (Å²) in [5.41, 5.74) is 7.27. The molecule has 0 fully saturated rings. The van der Waals surface area contributed by atoms with Gasteiger partial charge < -0.3 is 11.1 Å². The van der Waals surface area contributed by atoms with Crippen LogP contribution in [0, 0.1) is 13.8 Å². The minimum atomic E-state index is 0.201. The molecule has 0 saturated carbocycles. The third kappa shape index (κ3) is 2.24. The Kier molecular flexibility index (Phi) is 3.38. The van der Waals surface area contributed by atoms with E-state index in [1.165, 1.54) is 0 Å². The summed E-state index contributed by atoms with van der Waals surface area (Å²) in [4.78, 5) is 8.26. The van der Waals surface area contributed by atoms with Gasteiger partial charge in [0.25, 0.3) is 0 Å². The summed E-state index contributed by atoms with van der Waals surface area (Å²) in [7, 11) is 0.